The zero-order valence-electron chi connectivity index (χ0n) is 9.32. The molecule has 0 heterocycles. The molecule has 1 N–H and O–H groups in total. The number of nitrogens with zero attached hydrogens (tertiary/aromatic N) is 1. The molecule has 0 aromatic rings. The van der Waals surface area contributed by atoms with Gasteiger partial charge in [-0.2, -0.15) is 17.0 Å². The number of carbonyl (C=O) groups excluding carboxylic acids is 1. The van der Waals surface area contributed by atoms with Gasteiger partial charge in [0, 0.05) is 11.3 Å². The lowest BCUT2D eigenvalue weighted by molar-refractivity contribution is -0.123. The SMILES string of the molecule is CCSC1CCCC1NC(=O)C(C)C#N. The van der Waals surface area contributed by atoms with Gasteiger partial charge in [-0.15, -0.1) is 0 Å². The average Bonchev–Trinajstić information content (AvgIpc) is 2.65. The third-order valence-corrected chi connectivity index (χ3v) is 4.07. The first-order valence-electron chi connectivity index (χ1n) is 5.50. The maximum absolute atomic E-state index is 11.5. The van der Waals surface area contributed by atoms with Crippen LogP contribution in [0.25, 0.3) is 0 Å². The van der Waals surface area contributed by atoms with Crippen molar-refractivity contribution in [3.8, 4) is 6.07 Å². The van der Waals surface area contributed by atoms with E-state index in [0.717, 1.165) is 12.2 Å². The Kier molecular flexibility index (Phi) is 4.97. The maximum atomic E-state index is 11.5. The van der Waals surface area contributed by atoms with E-state index in [1.54, 1.807) is 6.92 Å². The molecular formula is C11H18N2OS. The monoisotopic (exact) mass is 226 g/mol. The van der Waals surface area contributed by atoms with Gasteiger partial charge in [0.1, 0.15) is 5.92 Å². The number of nitriles is 1. The molecule has 0 bridgehead atoms. The molecule has 84 valence electrons. The molecule has 1 amide bonds. The Labute approximate surface area is 95.6 Å². The fourth-order valence-electron chi connectivity index (χ4n) is 1.87. The van der Waals surface area contributed by atoms with Crippen LogP contribution in [-0.2, 0) is 4.79 Å². The Bertz CT molecular complexity index is 262. The Morgan fingerprint density at radius 3 is 3.00 bits per heavy atom. The predicted molar refractivity (Wildman–Crippen MR) is 62.5 cm³/mol. The first-order valence-corrected chi connectivity index (χ1v) is 6.55. The number of hydrogen-bond acceptors (Lipinski definition) is 3. The standard InChI is InChI=1S/C11H18N2OS/c1-3-15-10-6-4-5-9(10)13-11(14)8(2)7-12/h8-10H,3-6H2,1-2H3,(H,13,14). The summed E-state index contributed by atoms with van der Waals surface area (Å²) in [5, 5.41) is 12.2. The second kappa shape index (κ2) is 6.02. The van der Waals surface area contributed by atoms with Crippen LogP contribution >= 0.6 is 11.8 Å². The molecular weight excluding hydrogens is 208 g/mol. The van der Waals surface area contributed by atoms with E-state index in [2.05, 4.69) is 12.2 Å². The van der Waals surface area contributed by atoms with Crippen molar-refractivity contribution in [1.29, 1.82) is 5.26 Å². The fraction of sp³-hybridized carbons (Fsp3) is 0.818. The summed E-state index contributed by atoms with van der Waals surface area (Å²) in [6.07, 6.45) is 3.43. The molecule has 0 aliphatic heterocycles. The van der Waals surface area contributed by atoms with Gasteiger partial charge in [0.25, 0.3) is 0 Å². The van der Waals surface area contributed by atoms with Gasteiger partial charge < -0.3 is 5.32 Å². The third-order valence-electron chi connectivity index (χ3n) is 2.75. The van der Waals surface area contributed by atoms with E-state index < -0.39 is 5.92 Å². The summed E-state index contributed by atoms with van der Waals surface area (Å²) < 4.78 is 0. The minimum Gasteiger partial charge on any atom is -0.351 e. The summed E-state index contributed by atoms with van der Waals surface area (Å²) in [5.41, 5.74) is 0. The Balaban J connectivity index is 2.43. The maximum Gasteiger partial charge on any atom is 0.237 e. The zero-order chi connectivity index (χ0) is 11.3. The Morgan fingerprint density at radius 2 is 2.40 bits per heavy atom. The van der Waals surface area contributed by atoms with Gasteiger partial charge in [-0.05, 0) is 25.5 Å². The van der Waals surface area contributed by atoms with E-state index in [9.17, 15) is 4.79 Å². The molecule has 0 radical (unpaired) electrons. The second-order valence-corrected chi connectivity index (χ2v) is 5.41. The van der Waals surface area contributed by atoms with Gasteiger partial charge in [-0.3, -0.25) is 4.79 Å². The van der Waals surface area contributed by atoms with Crippen molar-refractivity contribution in [2.24, 2.45) is 5.92 Å². The van der Waals surface area contributed by atoms with Crippen LogP contribution in [0.3, 0.4) is 0 Å². The number of carbonyl (C=O) groups is 1. The Morgan fingerprint density at radius 1 is 1.67 bits per heavy atom. The summed E-state index contributed by atoms with van der Waals surface area (Å²) in [5.74, 6) is 0.439. The lowest BCUT2D eigenvalue weighted by Gasteiger charge is -2.20. The molecule has 15 heavy (non-hydrogen) atoms. The highest BCUT2D eigenvalue weighted by Gasteiger charge is 2.29. The molecule has 3 unspecified atom stereocenters. The van der Waals surface area contributed by atoms with E-state index in [0.29, 0.717) is 5.25 Å². The fourth-order valence-corrected chi connectivity index (χ4v) is 3.07. The van der Waals surface area contributed by atoms with Crippen molar-refractivity contribution >= 4 is 17.7 Å². The molecule has 0 saturated heterocycles. The van der Waals surface area contributed by atoms with E-state index in [1.165, 1.54) is 12.8 Å². The van der Waals surface area contributed by atoms with E-state index in [1.807, 2.05) is 17.8 Å². The smallest absolute Gasteiger partial charge is 0.237 e. The van der Waals surface area contributed by atoms with Crippen LogP contribution in [0.15, 0.2) is 0 Å². The number of amides is 1. The van der Waals surface area contributed by atoms with Crippen molar-refractivity contribution in [3.05, 3.63) is 0 Å². The highest BCUT2D eigenvalue weighted by atomic mass is 32.2. The van der Waals surface area contributed by atoms with Crippen molar-refractivity contribution in [2.75, 3.05) is 5.75 Å². The molecule has 1 aliphatic carbocycles. The lowest BCUT2D eigenvalue weighted by atomic mass is 10.1. The quantitative estimate of drug-likeness (QED) is 0.797. The highest BCUT2D eigenvalue weighted by Crippen LogP contribution is 2.29. The van der Waals surface area contributed by atoms with Gasteiger partial charge in [-0.1, -0.05) is 13.3 Å². The van der Waals surface area contributed by atoms with Gasteiger partial charge in [0.15, 0.2) is 0 Å². The van der Waals surface area contributed by atoms with Crippen LogP contribution in [0.4, 0.5) is 0 Å². The average molecular weight is 226 g/mol. The van der Waals surface area contributed by atoms with E-state index in [4.69, 9.17) is 5.26 Å². The summed E-state index contributed by atoms with van der Waals surface area (Å²) in [6, 6.07) is 2.24. The number of hydrogen-bond donors (Lipinski definition) is 1. The summed E-state index contributed by atoms with van der Waals surface area (Å²) in [6.45, 7) is 3.78. The van der Waals surface area contributed by atoms with Crippen LogP contribution in [0.5, 0.6) is 0 Å². The molecule has 0 spiro atoms. The molecule has 3 nitrogen and oxygen atoms in total. The normalized spacial score (nSPS) is 27.0. The van der Waals surface area contributed by atoms with E-state index in [-0.39, 0.29) is 11.9 Å². The molecule has 0 aromatic carbocycles. The van der Waals surface area contributed by atoms with Gasteiger partial charge in [-0.25, -0.2) is 0 Å². The molecule has 4 heteroatoms. The number of thioether (sulfide) groups is 1. The number of nitrogens with one attached hydrogen (secondary N) is 1. The molecule has 1 rings (SSSR count). The predicted octanol–water partition coefficient (Wildman–Crippen LogP) is 1.94. The van der Waals surface area contributed by atoms with Gasteiger partial charge >= 0.3 is 0 Å². The minimum atomic E-state index is -0.530. The minimum absolute atomic E-state index is 0.119. The van der Waals surface area contributed by atoms with Crippen LogP contribution < -0.4 is 5.32 Å². The van der Waals surface area contributed by atoms with Crippen molar-refractivity contribution < 1.29 is 4.79 Å². The largest absolute Gasteiger partial charge is 0.351 e. The molecule has 1 aliphatic rings. The zero-order valence-corrected chi connectivity index (χ0v) is 10.1. The Hall–Kier alpha value is -0.690. The van der Waals surface area contributed by atoms with Crippen molar-refractivity contribution in [3.63, 3.8) is 0 Å². The molecule has 0 aromatic heterocycles. The third kappa shape index (κ3) is 3.42. The van der Waals surface area contributed by atoms with Crippen LogP contribution in [0.2, 0.25) is 0 Å². The van der Waals surface area contributed by atoms with Crippen LogP contribution in [0, 0.1) is 17.2 Å². The van der Waals surface area contributed by atoms with Crippen LogP contribution in [0.1, 0.15) is 33.1 Å². The summed E-state index contributed by atoms with van der Waals surface area (Å²) in [4.78, 5) is 11.5. The van der Waals surface area contributed by atoms with Gasteiger partial charge in [0.05, 0.1) is 6.07 Å². The highest BCUT2D eigenvalue weighted by molar-refractivity contribution is 7.99. The number of rotatable bonds is 4. The van der Waals surface area contributed by atoms with Crippen LogP contribution in [-0.4, -0.2) is 23.0 Å². The van der Waals surface area contributed by atoms with E-state index >= 15 is 0 Å². The first kappa shape index (κ1) is 12.4. The first-order chi connectivity index (χ1) is 7.19. The van der Waals surface area contributed by atoms with Gasteiger partial charge in [0.2, 0.25) is 5.91 Å². The summed E-state index contributed by atoms with van der Waals surface area (Å²) in [7, 11) is 0. The lowest BCUT2D eigenvalue weighted by Crippen LogP contribution is -2.41. The molecule has 1 saturated carbocycles. The summed E-state index contributed by atoms with van der Waals surface area (Å²) >= 11 is 1.91. The topological polar surface area (TPSA) is 52.9 Å². The second-order valence-electron chi connectivity index (χ2n) is 3.89. The van der Waals surface area contributed by atoms with Crippen molar-refractivity contribution in [2.45, 2.75) is 44.4 Å². The molecule has 1 fully saturated rings. The molecule has 3 atom stereocenters. The van der Waals surface area contributed by atoms with Crippen molar-refractivity contribution in [1.82, 2.24) is 5.32 Å².